The molecule has 6 aromatic carbocycles. The molecular weight excluding hydrogens is 460 g/mol. The number of benzene rings is 6. The van der Waals surface area contributed by atoms with Crippen molar-refractivity contribution >= 4 is 43.6 Å². The maximum atomic E-state index is 9.50. The summed E-state index contributed by atoms with van der Waals surface area (Å²) in [6.45, 7) is 0. The zero-order valence-corrected chi connectivity index (χ0v) is 20.1. The minimum Gasteiger partial charge on any atom is -0.309 e. The van der Waals surface area contributed by atoms with Gasteiger partial charge >= 0.3 is 0 Å². The fourth-order valence-electron chi connectivity index (χ4n) is 5.43. The molecule has 0 saturated carbocycles. The predicted molar refractivity (Wildman–Crippen MR) is 161 cm³/mol. The van der Waals surface area contributed by atoms with E-state index in [1.165, 1.54) is 4.57 Å². The summed E-state index contributed by atoms with van der Waals surface area (Å²) < 4.78 is 74.1. The highest BCUT2D eigenvalue weighted by Gasteiger charge is 2.15. The molecule has 0 atom stereocenters. The van der Waals surface area contributed by atoms with Gasteiger partial charge in [0.1, 0.15) is 0 Å². The number of aromatic nitrogens is 2. The van der Waals surface area contributed by atoms with Crippen LogP contribution < -0.4 is 0 Å². The van der Waals surface area contributed by atoms with E-state index in [1.54, 1.807) is 24.3 Å². The standard InChI is InChI=1S/C36H24N2/c1-3-11-27(12-4-1)37-33-17-9-7-15-29(33)31-23-25(19-21-35(31)37)26-20-22-36-32(24-26)30-16-8-10-18-34(30)38(36)28-13-5-2-6-14-28/h1-24H/i1D,7D,9D,15D,17D,19D,21D,23D. The minimum absolute atomic E-state index is 0.0898. The Kier molecular flexibility index (Phi) is 3.16. The smallest absolute Gasteiger partial charge is 0.0645 e. The van der Waals surface area contributed by atoms with Crippen LogP contribution in [0.3, 0.4) is 0 Å². The third kappa shape index (κ3) is 3.07. The number of fused-ring (bicyclic) bond motifs is 6. The van der Waals surface area contributed by atoms with Gasteiger partial charge in [-0.1, -0.05) is 84.8 Å². The van der Waals surface area contributed by atoms with Gasteiger partial charge in [-0.25, -0.2) is 0 Å². The molecule has 0 bridgehead atoms. The molecule has 0 N–H and O–H groups in total. The second-order valence-corrected chi connectivity index (χ2v) is 9.21. The lowest BCUT2D eigenvalue weighted by atomic mass is 10.0. The van der Waals surface area contributed by atoms with E-state index in [0.29, 0.717) is 11.3 Å². The van der Waals surface area contributed by atoms with Crippen molar-refractivity contribution in [2.75, 3.05) is 0 Å². The van der Waals surface area contributed by atoms with Crippen molar-refractivity contribution in [3.05, 3.63) is 145 Å². The highest BCUT2D eigenvalue weighted by Crippen LogP contribution is 2.38. The van der Waals surface area contributed by atoms with E-state index in [-0.39, 0.29) is 63.6 Å². The van der Waals surface area contributed by atoms with Crippen molar-refractivity contribution in [3.63, 3.8) is 0 Å². The molecule has 0 fully saturated rings. The number of rotatable bonds is 3. The lowest BCUT2D eigenvalue weighted by Gasteiger charge is -2.09. The summed E-state index contributed by atoms with van der Waals surface area (Å²) in [5, 5.41) is 2.22. The normalized spacial score (nSPS) is 14.6. The highest BCUT2D eigenvalue weighted by molar-refractivity contribution is 6.12. The molecule has 0 aliphatic rings. The van der Waals surface area contributed by atoms with Crippen molar-refractivity contribution in [1.29, 1.82) is 0 Å². The molecule has 2 nitrogen and oxygen atoms in total. The number of hydrogen-bond donors (Lipinski definition) is 0. The van der Waals surface area contributed by atoms with Crippen LogP contribution in [0, 0.1) is 0 Å². The van der Waals surface area contributed by atoms with Gasteiger partial charge < -0.3 is 9.13 Å². The van der Waals surface area contributed by atoms with E-state index in [0.717, 1.165) is 27.5 Å². The Morgan fingerprint density at radius 3 is 1.97 bits per heavy atom. The molecule has 0 amide bonds. The van der Waals surface area contributed by atoms with Crippen molar-refractivity contribution in [1.82, 2.24) is 9.13 Å². The van der Waals surface area contributed by atoms with Crippen LogP contribution in [0.1, 0.15) is 11.0 Å². The molecule has 0 spiro atoms. The molecule has 2 heteroatoms. The van der Waals surface area contributed by atoms with Crippen LogP contribution >= 0.6 is 0 Å². The molecular formula is C36H24N2. The van der Waals surface area contributed by atoms with Crippen LogP contribution in [0.2, 0.25) is 0 Å². The van der Waals surface area contributed by atoms with Crippen LogP contribution in [0.15, 0.2) is 145 Å². The van der Waals surface area contributed by atoms with E-state index < -0.39 is 12.1 Å². The van der Waals surface area contributed by atoms with Gasteiger partial charge in [0.2, 0.25) is 0 Å². The number of nitrogens with zero attached hydrogens (tertiary/aromatic N) is 2. The van der Waals surface area contributed by atoms with E-state index in [4.69, 9.17) is 6.85 Å². The van der Waals surface area contributed by atoms with Crippen molar-refractivity contribution in [2.45, 2.75) is 0 Å². The summed E-state index contributed by atoms with van der Waals surface area (Å²) in [5.41, 5.74) is 4.48. The van der Waals surface area contributed by atoms with Gasteiger partial charge in [0.15, 0.2) is 0 Å². The average molecular weight is 493 g/mol. The fourth-order valence-corrected chi connectivity index (χ4v) is 5.43. The van der Waals surface area contributed by atoms with Gasteiger partial charge in [-0.15, -0.1) is 0 Å². The van der Waals surface area contributed by atoms with Gasteiger partial charge in [0, 0.05) is 32.9 Å². The van der Waals surface area contributed by atoms with E-state index >= 15 is 0 Å². The maximum absolute atomic E-state index is 9.50. The molecule has 8 rings (SSSR count). The molecule has 2 heterocycles. The molecule has 0 radical (unpaired) electrons. The average Bonchev–Trinajstić information content (AvgIpc) is 3.60. The highest BCUT2D eigenvalue weighted by atomic mass is 15.0. The van der Waals surface area contributed by atoms with Crippen LogP contribution in [0.5, 0.6) is 0 Å². The van der Waals surface area contributed by atoms with Crippen LogP contribution in [0.4, 0.5) is 0 Å². The van der Waals surface area contributed by atoms with Gasteiger partial charge in [-0.3, -0.25) is 0 Å². The molecule has 2 aromatic heterocycles. The minimum atomic E-state index is -0.435. The number of para-hydroxylation sites is 4. The Labute approximate surface area is 231 Å². The van der Waals surface area contributed by atoms with Gasteiger partial charge in [-0.2, -0.15) is 0 Å². The largest absolute Gasteiger partial charge is 0.309 e. The van der Waals surface area contributed by atoms with Gasteiger partial charge in [0.25, 0.3) is 0 Å². The summed E-state index contributed by atoms with van der Waals surface area (Å²) in [4.78, 5) is 0. The van der Waals surface area contributed by atoms with E-state index in [9.17, 15) is 4.11 Å². The summed E-state index contributed by atoms with van der Waals surface area (Å²) in [5.74, 6) is 0. The van der Waals surface area contributed by atoms with Crippen molar-refractivity contribution < 1.29 is 11.0 Å². The van der Waals surface area contributed by atoms with Gasteiger partial charge in [0.05, 0.1) is 33.0 Å². The lowest BCUT2D eigenvalue weighted by molar-refractivity contribution is 1.18. The van der Waals surface area contributed by atoms with Gasteiger partial charge in [-0.05, 0) is 71.7 Å². The SMILES string of the molecule is [2H]c1ccc(-n2c3c([2H])c([2H])c([2H])c([2H])c3c3c([2H])c(-c4ccc5c(c4)c4ccccc4n5-c4ccccc4)c([2H])c([2H])c32)cc1. The van der Waals surface area contributed by atoms with E-state index in [1.807, 2.05) is 66.7 Å². The van der Waals surface area contributed by atoms with E-state index in [2.05, 4.69) is 10.6 Å². The monoisotopic (exact) mass is 492 g/mol. The zero-order valence-electron chi connectivity index (χ0n) is 28.1. The topological polar surface area (TPSA) is 9.86 Å². The second-order valence-electron chi connectivity index (χ2n) is 9.21. The molecule has 38 heavy (non-hydrogen) atoms. The Morgan fingerprint density at radius 1 is 0.421 bits per heavy atom. The third-order valence-electron chi connectivity index (χ3n) is 7.09. The third-order valence-corrected chi connectivity index (χ3v) is 7.09. The Hall–Kier alpha value is -5.08. The molecule has 8 aromatic rings. The first-order valence-electron chi connectivity index (χ1n) is 16.4. The Morgan fingerprint density at radius 2 is 1.11 bits per heavy atom. The second kappa shape index (κ2) is 8.22. The first-order chi connectivity index (χ1) is 22.2. The first kappa shape index (κ1) is 14.6. The zero-order chi connectivity index (χ0) is 32.0. The molecule has 0 unspecified atom stereocenters. The fraction of sp³-hybridized carbons (Fsp3) is 0. The summed E-state index contributed by atoms with van der Waals surface area (Å²) in [6.07, 6.45) is 0. The summed E-state index contributed by atoms with van der Waals surface area (Å²) in [7, 11) is 0. The quantitative estimate of drug-likeness (QED) is 0.232. The predicted octanol–water partition coefficient (Wildman–Crippen LogP) is 9.55. The molecule has 0 aliphatic heterocycles. The van der Waals surface area contributed by atoms with Crippen molar-refractivity contribution in [2.24, 2.45) is 0 Å². The number of hydrogen-bond acceptors (Lipinski definition) is 0. The Balaban J connectivity index is 1.50. The van der Waals surface area contributed by atoms with Crippen LogP contribution in [-0.4, -0.2) is 9.13 Å². The Bertz CT molecular complexity index is 2550. The van der Waals surface area contributed by atoms with Crippen LogP contribution in [-0.2, 0) is 0 Å². The molecule has 178 valence electrons. The molecule has 0 saturated heterocycles. The maximum Gasteiger partial charge on any atom is 0.0645 e. The van der Waals surface area contributed by atoms with Crippen molar-refractivity contribution in [3.8, 4) is 22.5 Å². The first-order valence-corrected chi connectivity index (χ1v) is 12.4. The summed E-state index contributed by atoms with van der Waals surface area (Å²) >= 11 is 0. The van der Waals surface area contributed by atoms with Crippen LogP contribution in [0.25, 0.3) is 66.1 Å². The summed E-state index contributed by atoms with van der Waals surface area (Å²) in [6, 6.07) is 28.5. The molecule has 0 aliphatic carbocycles. The lowest BCUT2D eigenvalue weighted by Crippen LogP contribution is -1.93.